The molecule has 108 valence electrons. The molecule has 0 aliphatic carbocycles. The van der Waals surface area contributed by atoms with E-state index < -0.39 is 0 Å². The van der Waals surface area contributed by atoms with Crippen molar-refractivity contribution in [2.45, 2.75) is 46.3 Å². The van der Waals surface area contributed by atoms with Crippen LogP contribution in [0.25, 0.3) is 0 Å². The van der Waals surface area contributed by atoms with Gasteiger partial charge in [-0.1, -0.05) is 0 Å². The second-order valence-corrected chi connectivity index (χ2v) is 5.17. The Labute approximate surface area is 115 Å². The van der Waals surface area contributed by atoms with Gasteiger partial charge in [0.05, 0.1) is 6.54 Å². The number of furan rings is 1. The molecule has 5 nitrogen and oxygen atoms in total. The lowest BCUT2D eigenvalue weighted by molar-refractivity contribution is 0.0920. The molecule has 5 heteroatoms. The molecule has 19 heavy (non-hydrogen) atoms. The van der Waals surface area contributed by atoms with E-state index in [2.05, 4.69) is 37.9 Å². The van der Waals surface area contributed by atoms with Crippen LogP contribution in [-0.2, 0) is 6.54 Å². The van der Waals surface area contributed by atoms with Crippen LogP contribution in [0.5, 0.6) is 0 Å². The van der Waals surface area contributed by atoms with E-state index in [1.165, 1.54) is 0 Å². The summed E-state index contributed by atoms with van der Waals surface area (Å²) in [5, 5.41) is 2.69. The van der Waals surface area contributed by atoms with E-state index >= 15 is 0 Å². The molecule has 3 N–H and O–H groups in total. The minimum absolute atomic E-state index is 0.211. The summed E-state index contributed by atoms with van der Waals surface area (Å²) in [7, 11) is 0. The molecule has 1 heterocycles. The lowest BCUT2D eigenvalue weighted by Crippen LogP contribution is -2.36. The molecule has 0 saturated heterocycles. The molecule has 0 aliphatic rings. The molecule has 0 radical (unpaired) electrons. The first-order valence-corrected chi connectivity index (χ1v) is 6.78. The number of nitrogens with two attached hydrogens (primary N) is 1. The summed E-state index contributed by atoms with van der Waals surface area (Å²) in [5.41, 5.74) is 5.34. The maximum absolute atomic E-state index is 11.7. The molecule has 0 bridgehead atoms. The first-order valence-electron chi connectivity index (χ1n) is 6.78. The molecule has 0 saturated carbocycles. The summed E-state index contributed by atoms with van der Waals surface area (Å²) in [4.78, 5) is 14.0. The van der Waals surface area contributed by atoms with Crippen molar-refractivity contribution in [2.75, 3.05) is 13.1 Å². The number of nitrogens with one attached hydrogen (secondary N) is 1. The standard InChI is InChI=1S/C14H25N3O2/c1-10(2)17(11(3)4)9-12-5-6-13(19-12)14(18)16-8-7-15/h5-6,10-11H,7-9,15H2,1-4H3,(H,16,18). The Morgan fingerprint density at radius 2 is 1.95 bits per heavy atom. The van der Waals surface area contributed by atoms with Gasteiger partial charge in [-0.05, 0) is 39.8 Å². The number of rotatable bonds is 7. The topological polar surface area (TPSA) is 71.5 Å². The molecule has 0 atom stereocenters. The summed E-state index contributed by atoms with van der Waals surface area (Å²) in [6, 6.07) is 4.43. The van der Waals surface area contributed by atoms with Crippen LogP contribution in [0.15, 0.2) is 16.5 Å². The number of carbonyl (C=O) groups is 1. The van der Waals surface area contributed by atoms with Crippen molar-refractivity contribution in [3.05, 3.63) is 23.7 Å². The predicted molar refractivity (Wildman–Crippen MR) is 75.9 cm³/mol. The largest absolute Gasteiger partial charge is 0.455 e. The van der Waals surface area contributed by atoms with Gasteiger partial charge in [-0.3, -0.25) is 9.69 Å². The molecular formula is C14H25N3O2. The van der Waals surface area contributed by atoms with E-state index in [0.717, 1.165) is 5.76 Å². The van der Waals surface area contributed by atoms with Gasteiger partial charge >= 0.3 is 0 Å². The van der Waals surface area contributed by atoms with Crippen molar-refractivity contribution in [1.82, 2.24) is 10.2 Å². The van der Waals surface area contributed by atoms with Crippen LogP contribution in [0, 0.1) is 0 Å². The van der Waals surface area contributed by atoms with Crippen LogP contribution in [0.3, 0.4) is 0 Å². The molecule has 0 spiro atoms. The molecule has 1 aromatic heterocycles. The molecule has 1 aromatic rings. The van der Waals surface area contributed by atoms with Crippen LogP contribution >= 0.6 is 0 Å². The van der Waals surface area contributed by atoms with Crippen molar-refractivity contribution in [3.63, 3.8) is 0 Å². The van der Waals surface area contributed by atoms with Gasteiger partial charge in [0.2, 0.25) is 0 Å². The fourth-order valence-corrected chi connectivity index (χ4v) is 2.00. The summed E-state index contributed by atoms with van der Waals surface area (Å²) < 4.78 is 5.58. The van der Waals surface area contributed by atoms with E-state index in [0.29, 0.717) is 37.5 Å². The van der Waals surface area contributed by atoms with Crippen molar-refractivity contribution >= 4 is 5.91 Å². The maximum Gasteiger partial charge on any atom is 0.287 e. The number of amides is 1. The highest BCUT2D eigenvalue weighted by Gasteiger charge is 2.17. The van der Waals surface area contributed by atoms with E-state index in [4.69, 9.17) is 10.2 Å². The second kappa shape index (κ2) is 7.31. The molecule has 1 amide bonds. The van der Waals surface area contributed by atoms with E-state index in [9.17, 15) is 4.79 Å². The van der Waals surface area contributed by atoms with Crippen molar-refractivity contribution in [2.24, 2.45) is 5.73 Å². The number of carbonyl (C=O) groups excluding carboxylic acids is 1. The Morgan fingerprint density at radius 3 is 2.47 bits per heavy atom. The first-order chi connectivity index (χ1) is 8.95. The van der Waals surface area contributed by atoms with Crippen LogP contribution in [-0.4, -0.2) is 36.0 Å². The third kappa shape index (κ3) is 4.69. The van der Waals surface area contributed by atoms with Crippen LogP contribution < -0.4 is 11.1 Å². The highest BCUT2D eigenvalue weighted by molar-refractivity contribution is 5.91. The Bertz CT molecular complexity index is 391. The quantitative estimate of drug-likeness (QED) is 0.787. The fourth-order valence-electron chi connectivity index (χ4n) is 2.00. The van der Waals surface area contributed by atoms with Gasteiger partial charge in [0.25, 0.3) is 5.91 Å². The minimum atomic E-state index is -0.211. The lowest BCUT2D eigenvalue weighted by atomic mass is 10.2. The van der Waals surface area contributed by atoms with E-state index in [-0.39, 0.29) is 5.91 Å². The SMILES string of the molecule is CC(C)N(Cc1ccc(C(=O)NCCN)o1)C(C)C. The molecule has 0 unspecified atom stereocenters. The Hall–Kier alpha value is -1.33. The maximum atomic E-state index is 11.7. The van der Waals surface area contributed by atoms with E-state index in [1.54, 1.807) is 6.07 Å². The van der Waals surface area contributed by atoms with Gasteiger partial charge in [-0.25, -0.2) is 0 Å². The molecule has 0 aromatic carbocycles. The molecule has 0 aliphatic heterocycles. The molecular weight excluding hydrogens is 242 g/mol. The number of hydrogen-bond acceptors (Lipinski definition) is 4. The fraction of sp³-hybridized carbons (Fsp3) is 0.643. The van der Waals surface area contributed by atoms with Crippen molar-refractivity contribution in [1.29, 1.82) is 0 Å². The molecule has 0 fully saturated rings. The highest BCUT2D eigenvalue weighted by atomic mass is 16.4. The average Bonchev–Trinajstić information content (AvgIpc) is 2.80. The number of nitrogens with zero attached hydrogens (tertiary/aromatic N) is 1. The van der Waals surface area contributed by atoms with Gasteiger partial charge in [0.15, 0.2) is 5.76 Å². The molecule has 1 rings (SSSR count). The van der Waals surface area contributed by atoms with Crippen LogP contribution in [0.2, 0.25) is 0 Å². The third-order valence-electron chi connectivity index (χ3n) is 2.98. The van der Waals surface area contributed by atoms with Crippen LogP contribution in [0.1, 0.15) is 44.0 Å². The summed E-state index contributed by atoms with van der Waals surface area (Å²) in [6.45, 7) is 10.2. The average molecular weight is 267 g/mol. The summed E-state index contributed by atoms with van der Waals surface area (Å²) in [6.07, 6.45) is 0. The van der Waals surface area contributed by atoms with Crippen molar-refractivity contribution in [3.8, 4) is 0 Å². The Balaban J connectivity index is 2.66. The zero-order chi connectivity index (χ0) is 14.4. The number of hydrogen-bond donors (Lipinski definition) is 2. The van der Waals surface area contributed by atoms with Crippen molar-refractivity contribution < 1.29 is 9.21 Å². The zero-order valence-corrected chi connectivity index (χ0v) is 12.3. The smallest absolute Gasteiger partial charge is 0.287 e. The Kier molecular flexibility index (Phi) is 6.05. The van der Waals surface area contributed by atoms with Gasteiger partial charge in [0, 0.05) is 25.2 Å². The zero-order valence-electron chi connectivity index (χ0n) is 12.3. The highest BCUT2D eigenvalue weighted by Crippen LogP contribution is 2.14. The predicted octanol–water partition coefficient (Wildman–Crippen LogP) is 1.59. The summed E-state index contributed by atoms with van der Waals surface area (Å²) >= 11 is 0. The minimum Gasteiger partial charge on any atom is -0.455 e. The van der Waals surface area contributed by atoms with Crippen LogP contribution in [0.4, 0.5) is 0 Å². The van der Waals surface area contributed by atoms with Gasteiger partial charge in [0.1, 0.15) is 5.76 Å². The van der Waals surface area contributed by atoms with Gasteiger partial charge in [-0.15, -0.1) is 0 Å². The lowest BCUT2D eigenvalue weighted by Gasteiger charge is -2.29. The monoisotopic (exact) mass is 267 g/mol. The van der Waals surface area contributed by atoms with E-state index in [1.807, 2.05) is 6.07 Å². The van der Waals surface area contributed by atoms with Gasteiger partial charge in [-0.2, -0.15) is 0 Å². The first kappa shape index (κ1) is 15.7. The summed E-state index contributed by atoms with van der Waals surface area (Å²) in [5.74, 6) is 0.938. The Morgan fingerprint density at radius 1 is 1.32 bits per heavy atom. The van der Waals surface area contributed by atoms with Gasteiger partial charge < -0.3 is 15.5 Å². The second-order valence-electron chi connectivity index (χ2n) is 5.17. The normalized spacial score (nSPS) is 11.6. The third-order valence-corrected chi connectivity index (χ3v) is 2.98.